The number of aliphatic hydroxyl groups excluding tert-OH is 2. The van der Waals surface area contributed by atoms with Gasteiger partial charge in [0, 0.05) is 24.1 Å². The minimum absolute atomic E-state index is 0.00868. The SMILES string of the molecule is C[C@@H]1[C@H](CN2CCC[C@H]2CO)O[C@H](c2ccc(-c3cccc(CN4C(=O)c5ccccc5C4=O)c3)cc2)O[C@@H]1c1ccc(CO)cc1. The topological polar surface area (TPSA) is 99.5 Å². The van der Waals surface area contributed by atoms with Gasteiger partial charge in [-0.1, -0.05) is 85.8 Å². The van der Waals surface area contributed by atoms with Gasteiger partial charge in [0.05, 0.1) is 43.1 Å². The van der Waals surface area contributed by atoms with Gasteiger partial charge in [0.2, 0.25) is 0 Å². The second-order valence-corrected chi connectivity index (χ2v) is 12.9. The van der Waals surface area contributed by atoms with Crippen LogP contribution in [-0.4, -0.2) is 63.7 Å². The lowest BCUT2D eigenvalue weighted by Crippen LogP contribution is -2.46. The van der Waals surface area contributed by atoms with Crippen molar-refractivity contribution in [2.24, 2.45) is 5.92 Å². The molecule has 0 bridgehead atoms. The fraction of sp³-hybridized carbons (Fsp3) is 0.333. The summed E-state index contributed by atoms with van der Waals surface area (Å²) in [5.41, 5.74) is 6.55. The van der Waals surface area contributed by atoms with Gasteiger partial charge in [0.1, 0.15) is 0 Å². The third-order valence-electron chi connectivity index (χ3n) is 9.91. The largest absolute Gasteiger partial charge is 0.395 e. The lowest BCUT2D eigenvalue weighted by molar-refractivity contribution is -0.276. The molecule has 0 spiro atoms. The van der Waals surface area contributed by atoms with E-state index >= 15 is 0 Å². The molecule has 5 atom stereocenters. The van der Waals surface area contributed by atoms with E-state index in [4.69, 9.17) is 9.47 Å². The van der Waals surface area contributed by atoms with Crippen LogP contribution in [0.3, 0.4) is 0 Å². The molecule has 8 nitrogen and oxygen atoms in total. The first kappa shape index (κ1) is 31.4. The number of carbonyl (C=O) groups is 2. The van der Waals surface area contributed by atoms with Crippen molar-refractivity contribution in [2.45, 2.75) is 57.5 Å². The van der Waals surface area contributed by atoms with Crippen molar-refractivity contribution in [2.75, 3.05) is 19.7 Å². The van der Waals surface area contributed by atoms with Crippen molar-refractivity contribution in [1.82, 2.24) is 9.80 Å². The van der Waals surface area contributed by atoms with Gasteiger partial charge in [-0.05, 0) is 65.4 Å². The van der Waals surface area contributed by atoms with Crippen molar-refractivity contribution >= 4 is 11.8 Å². The van der Waals surface area contributed by atoms with Crippen LogP contribution >= 0.6 is 0 Å². The van der Waals surface area contributed by atoms with Gasteiger partial charge in [-0.25, -0.2) is 0 Å². The normalized spacial score (nSPS) is 24.6. The average molecular weight is 633 g/mol. The summed E-state index contributed by atoms with van der Waals surface area (Å²) in [6.07, 6.45) is 1.16. The summed E-state index contributed by atoms with van der Waals surface area (Å²) in [6, 6.07) is 31.1. The number of aliphatic hydroxyl groups is 2. The van der Waals surface area contributed by atoms with E-state index in [0.29, 0.717) is 11.1 Å². The van der Waals surface area contributed by atoms with Crippen molar-refractivity contribution < 1.29 is 29.3 Å². The predicted molar refractivity (Wildman–Crippen MR) is 177 cm³/mol. The molecular weight excluding hydrogens is 592 g/mol. The molecule has 2 amide bonds. The molecule has 7 rings (SSSR count). The zero-order chi connectivity index (χ0) is 32.5. The molecule has 2 N–H and O–H groups in total. The van der Waals surface area contributed by atoms with Crippen LogP contribution in [0.4, 0.5) is 0 Å². The van der Waals surface area contributed by atoms with Crippen LogP contribution in [-0.2, 0) is 22.6 Å². The molecule has 2 saturated heterocycles. The molecule has 0 aliphatic carbocycles. The Morgan fingerprint density at radius 1 is 0.766 bits per heavy atom. The fourth-order valence-electron chi connectivity index (χ4n) is 7.15. The van der Waals surface area contributed by atoms with E-state index in [2.05, 4.69) is 11.8 Å². The fourth-order valence-corrected chi connectivity index (χ4v) is 7.15. The first-order valence-electron chi connectivity index (χ1n) is 16.4. The van der Waals surface area contributed by atoms with E-state index in [9.17, 15) is 19.8 Å². The maximum absolute atomic E-state index is 12.9. The Bertz CT molecular complexity index is 1700. The highest BCUT2D eigenvalue weighted by atomic mass is 16.7. The van der Waals surface area contributed by atoms with Gasteiger partial charge in [-0.3, -0.25) is 19.4 Å². The summed E-state index contributed by atoms with van der Waals surface area (Å²) in [5.74, 6) is -0.463. The summed E-state index contributed by atoms with van der Waals surface area (Å²) in [6.45, 7) is 4.17. The van der Waals surface area contributed by atoms with Gasteiger partial charge in [-0.2, -0.15) is 0 Å². The Morgan fingerprint density at radius 3 is 2.15 bits per heavy atom. The standard InChI is InChI=1S/C39H40N2O6/c1-25-35(22-40-19-5-8-32(40)24-43)46-39(47-36(25)29-13-11-26(23-42)12-14-29)30-17-15-28(16-18-30)31-7-4-6-27(20-31)21-41-37(44)33-9-2-3-10-34(33)38(41)45/h2-4,6-7,9-18,20,25,32,35-36,39,42-43H,5,8,19,21-24H2,1H3/t25-,32+,35+,36+,39+/m1/s1. The van der Waals surface area contributed by atoms with Crippen LogP contribution in [0.1, 0.15) is 75.1 Å². The molecule has 3 aliphatic heterocycles. The molecule has 47 heavy (non-hydrogen) atoms. The number of hydrogen-bond donors (Lipinski definition) is 2. The molecule has 242 valence electrons. The van der Waals surface area contributed by atoms with Gasteiger partial charge in [-0.15, -0.1) is 0 Å². The third-order valence-corrected chi connectivity index (χ3v) is 9.91. The summed E-state index contributed by atoms with van der Waals surface area (Å²) in [4.78, 5) is 29.5. The Kier molecular flexibility index (Phi) is 9.03. The molecule has 3 aliphatic rings. The van der Waals surface area contributed by atoms with Gasteiger partial charge in [0.25, 0.3) is 11.8 Å². The van der Waals surface area contributed by atoms with Gasteiger partial charge in [0.15, 0.2) is 6.29 Å². The Hall–Kier alpha value is -4.18. The molecule has 0 unspecified atom stereocenters. The van der Waals surface area contributed by atoms with Crippen molar-refractivity contribution in [3.05, 3.63) is 130 Å². The summed E-state index contributed by atoms with van der Waals surface area (Å²) in [5, 5.41) is 19.5. The average Bonchev–Trinajstić information content (AvgIpc) is 3.67. The molecule has 3 heterocycles. The van der Waals surface area contributed by atoms with Crippen LogP contribution in [0, 0.1) is 5.92 Å². The number of benzene rings is 4. The highest BCUT2D eigenvalue weighted by Gasteiger charge is 2.40. The minimum Gasteiger partial charge on any atom is -0.395 e. The minimum atomic E-state index is -0.580. The van der Waals surface area contributed by atoms with E-state index in [1.807, 2.05) is 72.8 Å². The highest BCUT2D eigenvalue weighted by Crippen LogP contribution is 2.42. The Morgan fingerprint density at radius 2 is 1.47 bits per heavy atom. The number of nitrogens with zero attached hydrogens (tertiary/aromatic N) is 2. The highest BCUT2D eigenvalue weighted by molar-refractivity contribution is 6.21. The lowest BCUT2D eigenvalue weighted by Gasteiger charge is -2.43. The van der Waals surface area contributed by atoms with Crippen LogP contribution in [0.5, 0.6) is 0 Å². The number of ether oxygens (including phenoxy) is 2. The molecule has 8 heteroatoms. The van der Waals surface area contributed by atoms with Crippen LogP contribution in [0.25, 0.3) is 11.1 Å². The molecule has 0 aromatic heterocycles. The molecule has 0 radical (unpaired) electrons. The zero-order valence-corrected chi connectivity index (χ0v) is 26.5. The summed E-state index contributed by atoms with van der Waals surface area (Å²) < 4.78 is 13.3. The van der Waals surface area contributed by atoms with Crippen LogP contribution < -0.4 is 0 Å². The first-order valence-corrected chi connectivity index (χ1v) is 16.4. The van der Waals surface area contributed by atoms with Crippen LogP contribution in [0.2, 0.25) is 0 Å². The smallest absolute Gasteiger partial charge is 0.261 e. The second kappa shape index (κ2) is 13.5. The lowest BCUT2D eigenvalue weighted by atomic mass is 9.89. The number of likely N-dealkylation sites (tertiary alicyclic amines) is 1. The molecule has 4 aromatic rings. The molecule has 0 saturated carbocycles. The van der Waals surface area contributed by atoms with E-state index in [1.165, 1.54) is 4.90 Å². The van der Waals surface area contributed by atoms with Crippen LogP contribution in [0.15, 0.2) is 97.1 Å². The third kappa shape index (κ3) is 6.27. The number of imide groups is 1. The Labute approximate surface area is 275 Å². The number of carbonyl (C=O) groups excluding carboxylic acids is 2. The molecule has 2 fully saturated rings. The van der Waals surface area contributed by atoms with Crippen molar-refractivity contribution in [1.29, 1.82) is 0 Å². The predicted octanol–water partition coefficient (Wildman–Crippen LogP) is 5.89. The quantitative estimate of drug-likeness (QED) is 0.222. The van der Waals surface area contributed by atoms with E-state index in [1.54, 1.807) is 24.3 Å². The maximum Gasteiger partial charge on any atom is 0.261 e. The molecule has 4 aromatic carbocycles. The van der Waals surface area contributed by atoms with Gasteiger partial charge >= 0.3 is 0 Å². The first-order chi connectivity index (χ1) is 22.9. The van der Waals surface area contributed by atoms with E-state index in [-0.39, 0.29) is 55.7 Å². The summed E-state index contributed by atoms with van der Waals surface area (Å²) in [7, 11) is 0. The van der Waals surface area contributed by atoms with Crippen molar-refractivity contribution in [3.63, 3.8) is 0 Å². The van der Waals surface area contributed by atoms with E-state index in [0.717, 1.165) is 59.3 Å². The second-order valence-electron chi connectivity index (χ2n) is 12.9. The maximum atomic E-state index is 12.9. The number of hydrogen-bond acceptors (Lipinski definition) is 7. The summed E-state index contributed by atoms with van der Waals surface area (Å²) >= 11 is 0. The van der Waals surface area contributed by atoms with Gasteiger partial charge < -0.3 is 19.7 Å². The van der Waals surface area contributed by atoms with E-state index < -0.39 is 6.29 Å². The molecular formula is C39H40N2O6. The number of amides is 2. The Balaban J connectivity index is 1.10. The monoisotopic (exact) mass is 632 g/mol. The number of rotatable bonds is 9. The zero-order valence-electron chi connectivity index (χ0n) is 26.5. The van der Waals surface area contributed by atoms with Crippen molar-refractivity contribution in [3.8, 4) is 11.1 Å². The number of fused-ring (bicyclic) bond motifs is 1.